The number of hydrogen-bond donors (Lipinski definition) is 4. The first-order valence-electron chi connectivity index (χ1n) is 21.9. The number of fused-ring (bicyclic) bond motifs is 5. The Kier molecular flexibility index (Phi) is 17.9. The molecule has 1 fully saturated rings. The Morgan fingerprint density at radius 2 is 1.63 bits per heavy atom. The van der Waals surface area contributed by atoms with Crippen molar-refractivity contribution < 1.29 is 33.4 Å². The molecule has 1 aromatic heterocycles. The molecule has 63 heavy (non-hydrogen) atoms. The summed E-state index contributed by atoms with van der Waals surface area (Å²) in [5, 5.41) is 12.1. The Morgan fingerprint density at radius 1 is 0.952 bits per heavy atom. The van der Waals surface area contributed by atoms with E-state index in [0.29, 0.717) is 51.2 Å². The first kappa shape index (κ1) is 48.0. The largest absolute Gasteiger partial charge is 0.492 e. The zero-order valence-corrected chi connectivity index (χ0v) is 36.6. The Balaban J connectivity index is 1.55. The van der Waals surface area contributed by atoms with Crippen LogP contribution >= 0.6 is 0 Å². The molecule has 2 amide bonds. The summed E-state index contributed by atoms with van der Waals surface area (Å²) in [7, 11) is 1.50. The number of amides is 2. The number of hydrogen-bond acceptors (Lipinski definition) is 13. The summed E-state index contributed by atoms with van der Waals surface area (Å²) in [5.74, 6) is 3.85. The lowest BCUT2D eigenvalue weighted by Gasteiger charge is -2.32. The van der Waals surface area contributed by atoms with Crippen molar-refractivity contribution in [3.05, 3.63) is 70.8 Å². The number of ether oxygens (including phenoxy) is 2. The number of nitriles is 1. The van der Waals surface area contributed by atoms with Crippen molar-refractivity contribution in [2.24, 2.45) is 35.0 Å². The fraction of sp³-hybridized carbons (Fsp3) is 0.500. The molecule has 4 atom stereocenters. The summed E-state index contributed by atoms with van der Waals surface area (Å²) >= 11 is 0. The van der Waals surface area contributed by atoms with Crippen molar-refractivity contribution in [3.8, 4) is 40.5 Å². The van der Waals surface area contributed by atoms with E-state index in [1.54, 1.807) is 44.2 Å². The second-order valence-electron chi connectivity index (χ2n) is 16.4. The molecule has 4 bridgehead atoms. The molecule has 5 rings (SSSR count). The van der Waals surface area contributed by atoms with Crippen LogP contribution < -0.4 is 32.0 Å². The number of nitrogens with zero attached hydrogens (tertiary/aromatic N) is 4. The quantitative estimate of drug-likeness (QED) is 0.116. The predicted molar refractivity (Wildman–Crippen MR) is 237 cm³/mol. The lowest BCUT2D eigenvalue weighted by molar-refractivity contribution is -0.142. The standard InChI is InChI=1S/C48H60N8O7/c1-30-24-42(59)46(56(3)48(61)35(17-19-50)28-41(58)38-29-53-45(54-31(38)2)16-12-32-8-5-4-6-9-32)34-13-15-44(63-23-21-52)37(27-34)36-25-33(11-14-43(36)62-22-20-51)26-39(55-47(30)60)40(57)10-7-18-49/h11,13-15,25,27,29-30,32,35,39,46H,4-10,17,19-24,26,28,50-52H2,1-3H3,(H,55,60)/t30-,35-,39+,46+/m1/s1. The number of likely N-dealkylation sites (N-methyl/N-ethyl adjacent to an activating group) is 1. The number of aryl methyl sites for hydroxylation is 1. The van der Waals surface area contributed by atoms with Gasteiger partial charge in [-0.3, -0.25) is 24.0 Å². The summed E-state index contributed by atoms with van der Waals surface area (Å²) in [4.78, 5) is 80.6. The molecular weight excluding hydrogens is 801 g/mol. The third kappa shape index (κ3) is 12.8. The maximum absolute atomic E-state index is 14.7. The van der Waals surface area contributed by atoms with E-state index in [1.807, 2.05) is 12.1 Å². The van der Waals surface area contributed by atoms with Crippen molar-refractivity contribution in [2.45, 2.75) is 96.6 Å². The summed E-state index contributed by atoms with van der Waals surface area (Å²) in [6.45, 7) is 4.17. The van der Waals surface area contributed by atoms with E-state index in [4.69, 9.17) is 26.7 Å². The lowest BCUT2D eigenvalue weighted by atomic mass is 9.88. The molecular formula is C48H60N8O7. The van der Waals surface area contributed by atoms with Gasteiger partial charge in [0.05, 0.1) is 23.4 Å². The number of carbonyl (C=O) groups excluding carboxylic acids is 5. The van der Waals surface area contributed by atoms with Gasteiger partial charge in [0.15, 0.2) is 17.3 Å². The molecule has 2 aliphatic rings. The highest BCUT2D eigenvalue weighted by atomic mass is 16.5. The molecule has 7 N–H and O–H groups in total. The van der Waals surface area contributed by atoms with Gasteiger partial charge in [0.2, 0.25) is 17.6 Å². The fourth-order valence-corrected chi connectivity index (χ4v) is 8.19. The number of nitrogens with two attached hydrogens (primary N) is 3. The predicted octanol–water partition coefficient (Wildman–Crippen LogP) is 4.31. The first-order chi connectivity index (χ1) is 30.4. The number of aromatic nitrogens is 2. The summed E-state index contributed by atoms with van der Waals surface area (Å²) in [6.07, 6.45) is 6.72. The molecule has 15 heteroatoms. The van der Waals surface area contributed by atoms with E-state index in [1.165, 1.54) is 24.6 Å². The van der Waals surface area contributed by atoms with Gasteiger partial charge < -0.3 is 36.9 Å². The van der Waals surface area contributed by atoms with Gasteiger partial charge in [-0.2, -0.15) is 5.26 Å². The van der Waals surface area contributed by atoms with Gasteiger partial charge in [0, 0.05) is 80.9 Å². The summed E-state index contributed by atoms with van der Waals surface area (Å²) in [5.41, 5.74) is 20.6. The van der Waals surface area contributed by atoms with Crippen molar-refractivity contribution in [3.63, 3.8) is 0 Å². The molecule has 1 aliphatic heterocycles. The van der Waals surface area contributed by atoms with E-state index in [9.17, 15) is 29.2 Å². The number of benzene rings is 2. The number of rotatable bonds is 16. The van der Waals surface area contributed by atoms with Crippen LogP contribution in [0, 0.1) is 47.8 Å². The highest BCUT2D eigenvalue weighted by Crippen LogP contribution is 2.41. The van der Waals surface area contributed by atoms with Crippen LogP contribution in [-0.2, 0) is 25.6 Å². The van der Waals surface area contributed by atoms with Gasteiger partial charge >= 0.3 is 0 Å². The second kappa shape index (κ2) is 23.4. The average molecular weight is 861 g/mol. The average Bonchev–Trinajstić information content (AvgIpc) is 3.28. The van der Waals surface area contributed by atoms with E-state index < -0.39 is 41.5 Å². The third-order valence-corrected chi connectivity index (χ3v) is 11.6. The van der Waals surface area contributed by atoms with Gasteiger partial charge in [-0.1, -0.05) is 44.2 Å². The Hall–Kier alpha value is -6.00. The van der Waals surface area contributed by atoms with Gasteiger partial charge in [0.25, 0.3) is 0 Å². The first-order valence-corrected chi connectivity index (χ1v) is 21.9. The van der Waals surface area contributed by atoms with Gasteiger partial charge in [-0.25, -0.2) is 9.97 Å². The molecule has 0 saturated heterocycles. The normalized spacial score (nSPS) is 18.4. The Morgan fingerprint density at radius 3 is 2.29 bits per heavy atom. The van der Waals surface area contributed by atoms with Gasteiger partial charge in [0.1, 0.15) is 30.8 Å². The Labute approximate surface area is 369 Å². The van der Waals surface area contributed by atoms with Crippen molar-refractivity contribution in [2.75, 3.05) is 39.9 Å². The maximum Gasteiger partial charge on any atom is 0.226 e. The molecule has 2 heterocycles. The van der Waals surface area contributed by atoms with E-state index in [0.717, 1.165) is 25.7 Å². The molecule has 0 unspecified atom stereocenters. The smallest absolute Gasteiger partial charge is 0.226 e. The van der Waals surface area contributed by atoms with Crippen molar-refractivity contribution >= 4 is 29.2 Å². The van der Waals surface area contributed by atoms with Crippen LogP contribution in [0.15, 0.2) is 42.6 Å². The molecule has 2 aromatic carbocycles. The summed E-state index contributed by atoms with van der Waals surface area (Å²) in [6, 6.07) is 10.2. The molecule has 3 aromatic rings. The molecule has 334 valence electrons. The third-order valence-electron chi connectivity index (χ3n) is 11.6. The molecule has 15 nitrogen and oxygen atoms in total. The van der Waals surface area contributed by atoms with E-state index in [2.05, 4.69) is 27.1 Å². The number of nitrogens with one attached hydrogen (secondary N) is 1. The number of ketones is 3. The molecule has 0 radical (unpaired) electrons. The number of Topliss-reactive ketones (excluding diaryl/α,β-unsaturated/α-hetero) is 3. The second-order valence-corrected chi connectivity index (χ2v) is 16.4. The zero-order valence-electron chi connectivity index (χ0n) is 36.6. The van der Waals surface area contributed by atoms with E-state index in [-0.39, 0.29) is 88.5 Å². The van der Waals surface area contributed by atoms with Crippen molar-refractivity contribution in [1.82, 2.24) is 20.2 Å². The molecule has 0 spiro atoms. The zero-order chi connectivity index (χ0) is 45.5. The van der Waals surface area contributed by atoms with Crippen LogP contribution in [-0.4, -0.2) is 90.0 Å². The van der Waals surface area contributed by atoms with Crippen LogP contribution in [0.4, 0.5) is 0 Å². The fourth-order valence-electron chi connectivity index (χ4n) is 8.19. The van der Waals surface area contributed by atoms with Gasteiger partial charge in [-0.05, 0) is 80.5 Å². The minimum atomic E-state index is -1.23. The van der Waals surface area contributed by atoms with Crippen LogP contribution in [0.3, 0.4) is 0 Å². The SMILES string of the molecule is Cc1nc(C#CC2CCCCC2)ncc1C(=O)C[C@@H](CCN)C(=O)N(C)[C@@H]1C(=O)C[C@@H](C)C(=O)N[C@H](C(=O)CCC#N)Cc2ccc(OCCN)c(c2)-c2cc1ccc2OCCN. The minimum absolute atomic E-state index is 0.0288. The van der Waals surface area contributed by atoms with Crippen LogP contribution in [0.5, 0.6) is 11.5 Å². The summed E-state index contributed by atoms with van der Waals surface area (Å²) < 4.78 is 12.2. The maximum atomic E-state index is 14.7. The molecule has 1 aliphatic carbocycles. The highest BCUT2D eigenvalue weighted by Gasteiger charge is 2.36. The van der Waals surface area contributed by atoms with E-state index >= 15 is 0 Å². The van der Waals surface area contributed by atoms with Crippen LogP contribution in [0.25, 0.3) is 11.1 Å². The molecule has 1 saturated carbocycles. The monoisotopic (exact) mass is 860 g/mol. The van der Waals surface area contributed by atoms with Gasteiger partial charge in [-0.15, -0.1) is 0 Å². The highest BCUT2D eigenvalue weighted by molar-refractivity contribution is 6.00. The minimum Gasteiger partial charge on any atom is -0.492 e. The van der Waals surface area contributed by atoms with Crippen molar-refractivity contribution in [1.29, 1.82) is 5.26 Å². The Bertz CT molecular complexity index is 2240. The van der Waals surface area contributed by atoms with Crippen LogP contribution in [0.1, 0.15) is 110 Å². The number of carbonyl (C=O) groups is 5. The van der Waals surface area contributed by atoms with Crippen LogP contribution in [0.2, 0.25) is 0 Å². The topological polar surface area (TPSA) is 247 Å². The lowest BCUT2D eigenvalue weighted by Crippen LogP contribution is -2.46.